The maximum absolute atomic E-state index is 4.24. The molecule has 2 heterocycles. The fourth-order valence-electron chi connectivity index (χ4n) is 1.37. The topological polar surface area (TPSA) is 66.0 Å². The molecule has 0 atom stereocenters. The fraction of sp³-hybridized carbons (Fsp3) is 0.800. The van der Waals surface area contributed by atoms with Gasteiger partial charge in [0, 0.05) is 17.9 Å². The number of amidine groups is 1. The molecular weight excluding hydrogens is 250 g/mol. The average Bonchev–Trinajstić information content (AvgIpc) is 2.92. The first kappa shape index (κ1) is 23.7. The number of hydrogen-bond donors (Lipinski definition) is 2. The van der Waals surface area contributed by atoms with Crippen LogP contribution in [0.2, 0.25) is 0 Å². The summed E-state index contributed by atoms with van der Waals surface area (Å²) in [7, 11) is 0. The summed E-state index contributed by atoms with van der Waals surface area (Å²) in [6, 6.07) is 0. The van der Waals surface area contributed by atoms with E-state index in [9.17, 15) is 0 Å². The Kier molecular flexibility index (Phi) is 12.3. The van der Waals surface area contributed by atoms with Crippen LogP contribution >= 0.6 is 0 Å². The van der Waals surface area contributed by atoms with Crippen LogP contribution in [-0.2, 0) is 5.41 Å². The van der Waals surface area contributed by atoms with Gasteiger partial charge >= 0.3 is 0 Å². The summed E-state index contributed by atoms with van der Waals surface area (Å²) in [5, 5.41) is 9.77. The van der Waals surface area contributed by atoms with E-state index in [1.165, 1.54) is 12.2 Å². The molecule has 2 N–H and O–H groups in total. The normalized spacial score (nSPS) is 12.8. The Bertz CT molecular complexity index is 347. The maximum Gasteiger partial charge on any atom is 0.137 e. The minimum Gasteiger partial charge on any atom is -0.372 e. The number of H-pyrrole nitrogens is 1. The molecule has 0 aromatic carbocycles. The first-order valence-electron chi connectivity index (χ1n) is 6.05. The quantitative estimate of drug-likeness (QED) is 0.827. The maximum atomic E-state index is 4.24. The van der Waals surface area contributed by atoms with Crippen molar-refractivity contribution in [2.75, 3.05) is 13.1 Å². The second-order valence-corrected chi connectivity index (χ2v) is 5.43. The van der Waals surface area contributed by atoms with Gasteiger partial charge in [-0.15, -0.1) is 0 Å². The Morgan fingerprint density at radius 3 is 1.95 bits per heavy atom. The van der Waals surface area contributed by atoms with Gasteiger partial charge in [0.1, 0.15) is 12.2 Å². The molecule has 1 aliphatic heterocycles. The zero-order valence-electron chi connectivity index (χ0n) is 11.4. The summed E-state index contributed by atoms with van der Waals surface area (Å²) in [6.07, 6.45) is 1.53. The lowest BCUT2D eigenvalue weighted by molar-refractivity contribution is 0.548. The van der Waals surface area contributed by atoms with Gasteiger partial charge in [-0.3, -0.25) is 10.1 Å². The molecule has 1 aromatic rings. The van der Waals surface area contributed by atoms with Crippen molar-refractivity contribution in [3.8, 4) is 0 Å². The highest BCUT2D eigenvalue weighted by atomic mass is 15.2. The van der Waals surface area contributed by atoms with Crippen molar-refractivity contribution in [3.05, 3.63) is 12.2 Å². The SMILES string of the molecule is C.C.C.CC(C)(C)c1ncn[nH]1.CC(C)C1=NCCN1. The van der Waals surface area contributed by atoms with Gasteiger partial charge in [0.05, 0.1) is 12.4 Å². The summed E-state index contributed by atoms with van der Waals surface area (Å²) in [4.78, 5) is 8.26. The monoisotopic (exact) mass is 285 g/mol. The van der Waals surface area contributed by atoms with E-state index in [-0.39, 0.29) is 27.7 Å². The van der Waals surface area contributed by atoms with Gasteiger partial charge in [0.15, 0.2) is 0 Å². The molecule has 0 bridgehead atoms. The van der Waals surface area contributed by atoms with Crippen LogP contribution in [0.25, 0.3) is 0 Å². The van der Waals surface area contributed by atoms with Crippen LogP contribution in [0.1, 0.15) is 62.7 Å². The van der Waals surface area contributed by atoms with Crippen LogP contribution in [-0.4, -0.2) is 34.1 Å². The second-order valence-electron chi connectivity index (χ2n) is 5.43. The molecule has 0 radical (unpaired) electrons. The van der Waals surface area contributed by atoms with Crippen LogP contribution in [0.5, 0.6) is 0 Å². The van der Waals surface area contributed by atoms with Gasteiger partial charge < -0.3 is 5.32 Å². The van der Waals surface area contributed by atoms with Crippen molar-refractivity contribution in [2.24, 2.45) is 10.9 Å². The number of rotatable bonds is 1. The van der Waals surface area contributed by atoms with E-state index in [4.69, 9.17) is 0 Å². The van der Waals surface area contributed by atoms with Crippen molar-refractivity contribution in [2.45, 2.75) is 62.3 Å². The number of aromatic amines is 1. The van der Waals surface area contributed by atoms with E-state index in [0.717, 1.165) is 18.9 Å². The van der Waals surface area contributed by atoms with Crippen LogP contribution in [0, 0.1) is 5.92 Å². The summed E-state index contributed by atoms with van der Waals surface area (Å²) in [5.74, 6) is 2.69. The number of nitrogens with zero attached hydrogens (tertiary/aromatic N) is 3. The molecule has 1 aliphatic rings. The molecule has 0 fully saturated rings. The molecule has 0 aliphatic carbocycles. The Hall–Kier alpha value is -1.39. The molecule has 20 heavy (non-hydrogen) atoms. The summed E-state index contributed by atoms with van der Waals surface area (Å²) in [6.45, 7) is 12.6. The third kappa shape index (κ3) is 7.92. The van der Waals surface area contributed by atoms with Crippen molar-refractivity contribution < 1.29 is 0 Å². The molecule has 0 unspecified atom stereocenters. The number of nitrogens with one attached hydrogen (secondary N) is 2. The van der Waals surface area contributed by atoms with E-state index >= 15 is 0 Å². The molecule has 5 heteroatoms. The Labute approximate surface area is 125 Å². The Morgan fingerprint density at radius 2 is 1.75 bits per heavy atom. The first-order chi connectivity index (χ1) is 7.91. The molecule has 0 amide bonds. The highest BCUT2D eigenvalue weighted by Gasteiger charge is 2.15. The zero-order valence-corrected chi connectivity index (χ0v) is 11.4. The second kappa shape index (κ2) is 10.4. The van der Waals surface area contributed by atoms with Gasteiger partial charge in [0.2, 0.25) is 0 Å². The van der Waals surface area contributed by atoms with Crippen LogP contribution in [0.15, 0.2) is 11.3 Å². The number of aliphatic imine (C=N–C) groups is 1. The van der Waals surface area contributed by atoms with Gasteiger partial charge in [-0.2, -0.15) is 5.10 Å². The predicted molar refractivity (Wildman–Crippen MR) is 90.4 cm³/mol. The first-order valence-corrected chi connectivity index (χ1v) is 6.05. The van der Waals surface area contributed by atoms with Gasteiger partial charge in [-0.05, 0) is 0 Å². The lowest BCUT2D eigenvalue weighted by Gasteiger charge is -2.12. The zero-order chi connectivity index (χ0) is 12.9. The molecule has 0 saturated heterocycles. The van der Waals surface area contributed by atoms with Gasteiger partial charge in [-0.25, -0.2) is 4.98 Å². The smallest absolute Gasteiger partial charge is 0.137 e. The molecule has 120 valence electrons. The van der Waals surface area contributed by atoms with Crippen molar-refractivity contribution >= 4 is 5.84 Å². The fourth-order valence-corrected chi connectivity index (χ4v) is 1.37. The summed E-state index contributed by atoms with van der Waals surface area (Å²) in [5.41, 5.74) is 0.0938. The minimum atomic E-state index is 0. The van der Waals surface area contributed by atoms with Crippen molar-refractivity contribution in [1.82, 2.24) is 20.5 Å². The van der Waals surface area contributed by atoms with Crippen molar-refractivity contribution in [1.29, 1.82) is 0 Å². The van der Waals surface area contributed by atoms with Crippen molar-refractivity contribution in [3.63, 3.8) is 0 Å². The Balaban J connectivity index is -0.000000252. The molecular formula is C15H35N5. The average molecular weight is 285 g/mol. The highest BCUT2D eigenvalue weighted by molar-refractivity contribution is 5.85. The number of hydrogen-bond acceptors (Lipinski definition) is 4. The summed E-state index contributed by atoms with van der Waals surface area (Å²) >= 11 is 0. The van der Waals surface area contributed by atoms with Crippen LogP contribution < -0.4 is 5.32 Å². The molecule has 2 rings (SSSR count). The Morgan fingerprint density at radius 1 is 1.15 bits per heavy atom. The minimum absolute atomic E-state index is 0. The van der Waals surface area contributed by atoms with E-state index in [0.29, 0.717) is 5.92 Å². The van der Waals surface area contributed by atoms with Crippen LogP contribution in [0.4, 0.5) is 0 Å². The summed E-state index contributed by atoms with van der Waals surface area (Å²) < 4.78 is 0. The molecule has 0 saturated carbocycles. The largest absolute Gasteiger partial charge is 0.372 e. The standard InChI is InChI=1S/C6H11N3.C6H12N2.3CH4/c1-6(2,3)5-7-4-8-9-5;1-5(2)6-7-3-4-8-6;;;/h4H,1-3H3,(H,7,8,9);5H,3-4H2,1-2H3,(H,7,8);3*1H4. The molecule has 5 nitrogen and oxygen atoms in total. The van der Waals surface area contributed by atoms with Crippen LogP contribution in [0.3, 0.4) is 0 Å². The van der Waals surface area contributed by atoms with E-state index in [1.54, 1.807) is 0 Å². The van der Waals surface area contributed by atoms with E-state index in [1.807, 2.05) is 0 Å². The molecule has 1 aromatic heterocycles. The van der Waals surface area contributed by atoms with E-state index < -0.39 is 0 Å². The van der Waals surface area contributed by atoms with E-state index in [2.05, 4.69) is 60.1 Å². The lowest BCUT2D eigenvalue weighted by Crippen LogP contribution is -2.23. The lowest BCUT2D eigenvalue weighted by atomic mass is 9.96. The predicted octanol–water partition coefficient (Wildman–Crippen LogP) is 3.65. The molecule has 0 spiro atoms. The highest BCUT2D eigenvalue weighted by Crippen LogP contribution is 2.15. The third-order valence-corrected chi connectivity index (χ3v) is 2.37. The van der Waals surface area contributed by atoms with Gasteiger partial charge in [-0.1, -0.05) is 56.9 Å². The third-order valence-electron chi connectivity index (χ3n) is 2.37. The van der Waals surface area contributed by atoms with Gasteiger partial charge in [0.25, 0.3) is 0 Å². The number of aromatic nitrogens is 3.